The summed E-state index contributed by atoms with van der Waals surface area (Å²) in [4.78, 5) is 23.8. The van der Waals surface area contributed by atoms with Crippen molar-refractivity contribution < 1.29 is 19.1 Å². The van der Waals surface area contributed by atoms with Crippen molar-refractivity contribution in [1.82, 2.24) is 10.7 Å². The number of carbonyl (C=O) groups excluding carboxylic acids is 2. The summed E-state index contributed by atoms with van der Waals surface area (Å²) in [6.07, 6.45) is 3.22. The quantitative estimate of drug-likeness (QED) is 0.351. The molecule has 0 aliphatic carbocycles. The monoisotopic (exact) mass is 493 g/mol. The van der Waals surface area contributed by atoms with E-state index in [1.54, 1.807) is 18.2 Å². The number of ether oxygens (including phenoxy) is 2. The molecule has 2 N–H and O–H groups in total. The maximum atomic E-state index is 11.9. The Bertz CT molecular complexity index is 932. The Morgan fingerprint density at radius 3 is 2.87 bits per heavy atom. The third-order valence-corrected chi connectivity index (χ3v) is 5.27. The van der Waals surface area contributed by atoms with Crippen molar-refractivity contribution in [2.45, 2.75) is 25.6 Å². The predicted octanol–water partition coefficient (Wildman–Crippen LogP) is 3.43. The van der Waals surface area contributed by atoms with Gasteiger partial charge in [-0.15, -0.1) is 0 Å². The van der Waals surface area contributed by atoms with Crippen LogP contribution >= 0.6 is 27.5 Å². The van der Waals surface area contributed by atoms with Gasteiger partial charge in [-0.3, -0.25) is 9.59 Å². The number of nitrogens with zero attached hydrogens (tertiary/aromatic N) is 1. The summed E-state index contributed by atoms with van der Waals surface area (Å²) < 4.78 is 12.1. The van der Waals surface area contributed by atoms with Crippen LogP contribution in [0, 0.1) is 0 Å². The van der Waals surface area contributed by atoms with Gasteiger partial charge in [-0.05, 0) is 37.1 Å². The normalized spacial score (nSPS) is 15.9. The molecule has 30 heavy (non-hydrogen) atoms. The first-order valence-electron chi connectivity index (χ1n) is 9.41. The second kappa shape index (κ2) is 11.1. The molecule has 1 heterocycles. The molecule has 1 atom stereocenters. The molecule has 1 fully saturated rings. The largest absolute Gasteiger partial charge is 0.488 e. The summed E-state index contributed by atoms with van der Waals surface area (Å²) in [5, 5.41) is 7.03. The number of nitrogens with one attached hydrogen (secondary N) is 2. The van der Waals surface area contributed by atoms with Crippen LogP contribution < -0.4 is 15.5 Å². The maximum Gasteiger partial charge on any atom is 0.329 e. The van der Waals surface area contributed by atoms with Crippen LogP contribution in [0.1, 0.15) is 24.0 Å². The van der Waals surface area contributed by atoms with Crippen LogP contribution in [0.2, 0.25) is 5.02 Å². The first-order valence-corrected chi connectivity index (χ1v) is 10.6. The molecule has 2 aromatic carbocycles. The number of hydrazone groups is 1. The molecule has 0 spiro atoms. The van der Waals surface area contributed by atoms with E-state index >= 15 is 0 Å². The summed E-state index contributed by atoms with van der Waals surface area (Å²) in [7, 11) is 0. The lowest BCUT2D eigenvalue weighted by atomic mass is 10.2. The highest BCUT2D eigenvalue weighted by molar-refractivity contribution is 9.10. The summed E-state index contributed by atoms with van der Waals surface area (Å²) in [6.45, 7) is 1.27. The molecule has 0 saturated carbocycles. The van der Waals surface area contributed by atoms with E-state index in [-0.39, 0.29) is 12.7 Å². The summed E-state index contributed by atoms with van der Waals surface area (Å²) in [5.41, 5.74) is 3.69. The van der Waals surface area contributed by atoms with Crippen LogP contribution in [0.4, 0.5) is 0 Å². The Morgan fingerprint density at radius 1 is 1.27 bits per heavy atom. The fourth-order valence-electron chi connectivity index (χ4n) is 2.83. The van der Waals surface area contributed by atoms with Gasteiger partial charge in [-0.25, -0.2) is 5.43 Å². The molecule has 0 radical (unpaired) electrons. The summed E-state index contributed by atoms with van der Waals surface area (Å²) in [6, 6.07) is 12.8. The van der Waals surface area contributed by atoms with E-state index in [1.807, 2.05) is 24.3 Å². The van der Waals surface area contributed by atoms with E-state index in [1.165, 1.54) is 6.21 Å². The van der Waals surface area contributed by atoms with Crippen molar-refractivity contribution in [1.29, 1.82) is 0 Å². The molecule has 1 aliphatic rings. The van der Waals surface area contributed by atoms with E-state index in [0.717, 1.165) is 22.9 Å². The minimum atomic E-state index is -0.849. The molecule has 1 saturated heterocycles. The highest BCUT2D eigenvalue weighted by Crippen LogP contribution is 2.24. The third kappa shape index (κ3) is 6.55. The van der Waals surface area contributed by atoms with E-state index < -0.39 is 11.8 Å². The van der Waals surface area contributed by atoms with Crippen LogP contribution in [0.25, 0.3) is 0 Å². The maximum absolute atomic E-state index is 11.9. The lowest BCUT2D eigenvalue weighted by molar-refractivity contribution is -0.139. The van der Waals surface area contributed by atoms with Gasteiger partial charge in [0.1, 0.15) is 12.4 Å². The van der Waals surface area contributed by atoms with Gasteiger partial charge < -0.3 is 14.8 Å². The second-order valence-corrected chi connectivity index (χ2v) is 7.93. The number of amides is 2. The summed E-state index contributed by atoms with van der Waals surface area (Å²) >= 11 is 9.56. The molecule has 0 bridgehead atoms. The average Bonchev–Trinajstić information content (AvgIpc) is 3.26. The van der Waals surface area contributed by atoms with Crippen LogP contribution in [-0.4, -0.2) is 37.3 Å². The second-order valence-electron chi connectivity index (χ2n) is 6.61. The van der Waals surface area contributed by atoms with Crippen molar-refractivity contribution >= 4 is 45.6 Å². The molecule has 2 aromatic rings. The highest BCUT2D eigenvalue weighted by atomic mass is 79.9. The van der Waals surface area contributed by atoms with Crippen molar-refractivity contribution in [3.63, 3.8) is 0 Å². The molecule has 7 nitrogen and oxygen atoms in total. The lowest BCUT2D eigenvalue weighted by Gasteiger charge is -2.11. The zero-order valence-electron chi connectivity index (χ0n) is 16.1. The smallest absolute Gasteiger partial charge is 0.329 e. The summed E-state index contributed by atoms with van der Waals surface area (Å²) in [5.74, 6) is -1.05. The van der Waals surface area contributed by atoms with Gasteiger partial charge in [-0.2, -0.15) is 5.10 Å². The standard InChI is InChI=1S/C21H21BrClN3O4/c22-16-7-8-19(30-13-14-4-1-2-6-18(14)23)15(10-16)11-25-26-21(28)20(27)24-12-17-5-3-9-29-17/h1-2,4,6-8,10-11,17H,3,5,9,12-13H2,(H,24,27)(H,26,28)/b25-11-/t17-/m0/s1. The SMILES string of the molecule is O=C(NC[C@@H]1CCCO1)C(=O)N/N=C\c1cc(Br)ccc1OCc1ccccc1Cl. The van der Waals surface area contributed by atoms with E-state index in [2.05, 4.69) is 31.8 Å². The molecular formula is C21H21BrClN3O4. The third-order valence-electron chi connectivity index (χ3n) is 4.40. The minimum absolute atomic E-state index is 0.0373. The Kier molecular flexibility index (Phi) is 8.24. The van der Waals surface area contributed by atoms with E-state index in [4.69, 9.17) is 21.1 Å². The van der Waals surface area contributed by atoms with Gasteiger partial charge in [-0.1, -0.05) is 45.7 Å². The first kappa shape index (κ1) is 22.3. The number of halogens is 2. The first-order chi connectivity index (χ1) is 14.5. The Hall–Kier alpha value is -2.42. The molecule has 0 unspecified atom stereocenters. The highest BCUT2D eigenvalue weighted by Gasteiger charge is 2.19. The number of hydrogen-bond donors (Lipinski definition) is 2. The molecule has 1 aliphatic heterocycles. The van der Waals surface area contributed by atoms with Crippen LogP contribution in [0.15, 0.2) is 52.0 Å². The number of rotatable bonds is 7. The Balaban J connectivity index is 1.56. The van der Waals surface area contributed by atoms with Gasteiger partial charge in [0.2, 0.25) is 0 Å². The predicted molar refractivity (Wildman–Crippen MR) is 118 cm³/mol. The van der Waals surface area contributed by atoms with Gasteiger partial charge in [0, 0.05) is 33.8 Å². The fraction of sp³-hybridized carbons (Fsp3) is 0.286. The van der Waals surface area contributed by atoms with Crippen LogP contribution in [0.5, 0.6) is 5.75 Å². The average molecular weight is 495 g/mol. The van der Waals surface area contributed by atoms with Gasteiger partial charge in [0.05, 0.1) is 12.3 Å². The van der Waals surface area contributed by atoms with Gasteiger partial charge in [0.15, 0.2) is 0 Å². The lowest BCUT2D eigenvalue weighted by Crippen LogP contribution is -2.41. The molecule has 9 heteroatoms. The number of hydrogen-bond acceptors (Lipinski definition) is 5. The zero-order valence-corrected chi connectivity index (χ0v) is 18.4. The van der Waals surface area contributed by atoms with E-state index in [9.17, 15) is 9.59 Å². The van der Waals surface area contributed by atoms with Crippen molar-refractivity contribution in [2.24, 2.45) is 5.10 Å². The Morgan fingerprint density at radius 2 is 2.10 bits per heavy atom. The van der Waals surface area contributed by atoms with Crippen molar-refractivity contribution in [2.75, 3.05) is 13.2 Å². The molecule has 3 rings (SSSR count). The van der Waals surface area contributed by atoms with Crippen LogP contribution in [0.3, 0.4) is 0 Å². The molecule has 158 valence electrons. The van der Waals surface area contributed by atoms with Gasteiger partial charge >= 0.3 is 11.8 Å². The number of carbonyl (C=O) groups is 2. The van der Waals surface area contributed by atoms with Gasteiger partial charge in [0.25, 0.3) is 0 Å². The molecule has 0 aromatic heterocycles. The topological polar surface area (TPSA) is 89.0 Å². The fourth-order valence-corrected chi connectivity index (χ4v) is 3.40. The minimum Gasteiger partial charge on any atom is -0.488 e. The molecular weight excluding hydrogens is 474 g/mol. The Labute approximate surface area is 187 Å². The van der Waals surface area contributed by atoms with E-state index in [0.29, 0.717) is 29.5 Å². The number of benzene rings is 2. The van der Waals surface area contributed by atoms with Crippen molar-refractivity contribution in [3.8, 4) is 5.75 Å². The zero-order chi connectivity index (χ0) is 21.3. The molecule has 2 amide bonds. The van der Waals surface area contributed by atoms with Crippen molar-refractivity contribution in [3.05, 3.63) is 63.1 Å². The van der Waals surface area contributed by atoms with Crippen LogP contribution in [-0.2, 0) is 20.9 Å².